The molecule has 2 amide bonds. The molecule has 0 spiro atoms. The van der Waals surface area contributed by atoms with E-state index in [0.29, 0.717) is 18.5 Å². The third kappa shape index (κ3) is 6.62. The second-order valence-corrected chi connectivity index (χ2v) is 7.80. The minimum atomic E-state index is -0.687. The number of rotatable bonds is 7. The van der Waals surface area contributed by atoms with E-state index in [0.717, 1.165) is 18.4 Å². The van der Waals surface area contributed by atoms with E-state index < -0.39 is 6.29 Å². The molecule has 0 bridgehead atoms. The van der Waals surface area contributed by atoms with Gasteiger partial charge in [-0.15, -0.1) is 0 Å². The summed E-state index contributed by atoms with van der Waals surface area (Å²) in [6, 6.07) is 15.3. The van der Waals surface area contributed by atoms with Gasteiger partial charge in [-0.2, -0.15) is 0 Å². The van der Waals surface area contributed by atoms with Crippen molar-refractivity contribution >= 4 is 23.5 Å². The average Bonchev–Trinajstić information content (AvgIpc) is 2.76. The molecular weight excluding hydrogens is 409 g/mol. The average molecular weight is 440 g/mol. The maximum Gasteiger partial charge on any atom is 0.234 e. The fourth-order valence-electron chi connectivity index (χ4n) is 3.72. The molecule has 0 saturated carbocycles. The van der Waals surface area contributed by atoms with Crippen LogP contribution >= 0.6 is 0 Å². The van der Waals surface area contributed by atoms with Gasteiger partial charge in [-0.05, 0) is 42.7 Å². The largest absolute Gasteiger partial charge is 0.326 e. The van der Waals surface area contributed by atoms with Crippen LogP contribution in [-0.2, 0) is 9.59 Å². The number of carbonyl (C=O) groups is 2. The second kappa shape index (κ2) is 11.4. The Morgan fingerprint density at radius 3 is 2.53 bits per heavy atom. The molecule has 2 aromatic carbocycles. The number of halogens is 1. The maximum atomic E-state index is 13.3. The van der Waals surface area contributed by atoms with Crippen molar-refractivity contribution in [1.29, 1.82) is 0 Å². The molecule has 3 unspecified atom stereocenters. The molecule has 4 N–H and O–H groups in total. The molecule has 1 aliphatic rings. The first-order chi connectivity index (χ1) is 15.5. The number of amides is 2. The van der Waals surface area contributed by atoms with E-state index in [4.69, 9.17) is 0 Å². The van der Waals surface area contributed by atoms with Crippen LogP contribution in [-0.4, -0.2) is 30.1 Å². The molecule has 2 aromatic rings. The van der Waals surface area contributed by atoms with Crippen molar-refractivity contribution in [1.82, 2.24) is 16.0 Å². The standard InChI is InChI=1S/C24H30FN5O2/c1-3-8-19-15-21(31)28-23(27-19)30-24(26-18-13-11-17(25)12-14-18)29-22(32)20(4-2)16-9-6-5-7-10-16/h5-7,9-14,19-20,23,27H,3-4,8,15H2,1-2H3,(H,28,31)(H2,26,29,30,32). The summed E-state index contributed by atoms with van der Waals surface area (Å²) >= 11 is 0. The van der Waals surface area contributed by atoms with Crippen LogP contribution in [0.5, 0.6) is 0 Å². The lowest BCUT2D eigenvalue weighted by Crippen LogP contribution is -2.56. The first kappa shape index (κ1) is 23.4. The van der Waals surface area contributed by atoms with Gasteiger partial charge >= 0.3 is 0 Å². The van der Waals surface area contributed by atoms with Crippen LogP contribution < -0.4 is 21.3 Å². The summed E-state index contributed by atoms with van der Waals surface area (Å²) in [6.45, 7) is 4.00. The predicted molar refractivity (Wildman–Crippen MR) is 123 cm³/mol. The van der Waals surface area contributed by atoms with Crippen LogP contribution in [0.2, 0.25) is 0 Å². The van der Waals surface area contributed by atoms with Gasteiger partial charge in [-0.25, -0.2) is 9.38 Å². The maximum absolute atomic E-state index is 13.3. The van der Waals surface area contributed by atoms with E-state index in [9.17, 15) is 14.0 Å². The summed E-state index contributed by atoms with van der Waals surface area (Å²) in [7, 11) is 0. The Morgan fingerprint density at radius 1 is 1.16 bits per heavy atom. The highest BCUT2D eigenvalue weighted by Gasteiger charge is 2.26. The van der Waals surface area contributed by atoms with E-state index in [1.165, 1.54) is 12.1 Å². The summed E-state index contributed by atoms with van der Waals surface area (Å²) in [5.41, 5.74) is 1.46. The first-order valence-corrected chi connectivity index (χ1v) is 11.0. The minimum absolute atomic E-state index is 0.0120. The lowest BCUT2D eigenvalue weighted by Gasteiger charge is -2.29. The molecule has 1 saturated heterocycles. The van der Waals surface area contributed by atoms with E-state index in [1.807, 2.05) is 37.3 Å². The van der Waals surface area contributed by atoms with Crippen molar-refractivity contribution < 1.29 is 14.0 Å². The number of benzene rings is 2. The van der Waals surface area contributed by atoms with Crippen molar-refractivity contribution in [3.8, 4) is 0 Å². The predicted octanol–water partition coefficient (Wildman–Crippen LogP) is 3.47. The smallest absolute Gasteiger partial charge is 0.234 e. The van der Waals surface area contributed by atoms with Gasteiger partial charge in [-0.1, -0.05) is 50.6 Å². The Hall–Kier alpha value is -3.26. The summed E-state index contributed by atoms with van der Waals surface area (Å²) in [4.78, 5) is 29.8. The lowest BCUT2D eigenvalue weighted by atomic mass is 9.96. The topological polar surface area (TPSA) is 94.6 Å². The quantitative estimate of drug-likeness (QED) is 0.393. The number of hydrogen-bond donors (Lipinski definition) is 4. The van der Waals surface area contributed by atoms with Crippen molar-refractivity contribution in [3.63, 3.8) is 0 Å². The van der Waals surface area contributed by atoms with Gasteiger partial charge in [0, 0.05) is 18.2 Å². The third-order valence-electron chi connectivity index (χ3n) is 5.29. The summed E-state index contributed by atoms with van der Waals surface area (Å²) in [6.07, 6.45) is 2.09. The Morgan fingerprint density at radius 2 is 1.88 bits per heavy atom. The van der Waals surface area contributed by atoms with Gasteiger partial charge in [0.2, 0.25) is 17.8 Å². The van der Waals surface area contributed by atoms with Gasteiger partial charge < -0.3 is 10.6 Å². The number of nitrogens with zero attached hydrogens (tertiary/aromatic N) is 1. The number of hydrogen-bond acceptors (Lipinski definition) is 4. The molecule has 8 heteroatoms. The molecule has 1 aliphatic heterocycles. The molecular formula is C24H30FN5O2. The molecule has 3 atom stereocenters. The van der Waals surface area contributed by atoms with Crippen LogP contribution in [0.4, 0.5) is 10.1 Å². The number of aliphatic imine (C=N–C) groups is 1. The van der Waals surface area contributed by atoms with Gasteiger partial charge in [0.25, 0.3) is 0 Å². The van der Waals surface area contributed by atoms with E-state index >= 15 is 0 Å². The van der Waals surface area contributed by atoms with Crippen molar-refractivity contribution in [2.24, 2.45) is 4.99 Å². The molecule has 1 heterocycles. The van der Waals surface area contributed by atoms with Gasteiger partial charge in [0.05, 0.1) is 5.92 Å². The fourth-order valence-corrected chi connectivity index (χ4v) is 3.72. The molecule has 170 valence electrons. The Balaban J connectivity index is 1.82. The van der Waals surface area contributed by atoms with E-state index in [-0.39, 0.29) is 35.6 Å². The normalized spacial score (nSPS) is 19.7. The van der Waals surface area contributed by atoms with Crippen molar-refractivity contribution in [3.05, 3.63) is 66.0 Å². The number of guanidine groups is 1. The van der Waals surface area contributed by atoms with Crippen LogP contribution in [0.1, 0.15) is 51.0 Å². The fraction of sp³-hybridized carbons (Fsp3) is 0.375. The summed E-state index contributed by atoms with van der Waals surface area (Å²) in [5, 5.41) is 12.0. The van der Waals surface area contributed by atoms with Crippen molar-refractivity contribution in [2.75, 3.05) is 5.32 Å². The van der Waals surface area contributed by atoms with Gasteiger partial charge in [-0.3, -0.25) is 20.2 Å². The zero-order valence-corrected chi connectivity index (χ0v) is 18.4. The highest BCUT2D eigenvalue weighted by Crippen LogP contribution is 2.19. The summed E-state index contributed by atoms with van der Waals surface area (Å²) < 4.78 is 13.3. The summed E-state index contributed by atoms with van der Waals surface area (Å²) in [5.74, 6) is -0.876. The van der Waals surface area contributed by atoms with Crippen LogP contribution in [0.25, 0.3) is 0 Å². The van der Waals surface area contributed by atoms with Crippen LogP contribution in [0, 0.1) is 5.82 Å². The Bertz CT molecular complexity index is 933. The van der Waals surface area contributed by atoms with Crippen LogP contribution in [0.15, 0.2) is 59.6 Å². The third-order valence-corrected chi connectivity index (χ3v) is 5.29. The van der Waals surface area contributed by atoms with E-state index in [2.05, 4.69) is 33.2 Å². The highest BCUT2D eigenvalue weighted by molar-refractivity contribution is 6.06. The van der Waals surface area contributed by atoms with Crippen molar-refractivity contribution in [2.45, 2.75) is 57.8 Å². The molecule has 0 aliphatic carbocycles. The highest BCUT2D eigenvalue weighted by atomic mass is 19.1. The molecule has 0 aromatic heterocycles. The zero-order chi connectivity index (χ0) is 22.9. The SMILES string of the molecule is CCCC1CC(=O)NC(/N=C(/NC(=O)C(CC)c2ccccc2)Nc2ccc(F)cc2)N1. The number of anilines is 1. The molecule has 32 heavy (non-hydrogen) atoms. The Kier molecular flexibility index (Phi) is 8.33. The first-order valence-electron chi connectivity index (χ1n) is 11.0. The van der Waals surface area contributed by atoms with Gasteiger partial charge in [0.15, 0.2) is 6.29 Å². The molecule has 1 fully saturated rings. The zero-order valence-electron chi connectivity index (χ0n) is 18.4. The second-order valence-electron chi connectivity index (χ2n) is 7.80. The monoisotopic (exact) mass is 439 g/mol. The minimum Gasteiger partial charge on any atom is -0.326 e. The van der Waals surface area contributed by atoms with Crippen LogP contribution in [0.3, 0.4) is 0 Å². The Labute approximate surface area is 187 Å². The van der Waals surface area contributed by atoms with E-state index in [1.54, 1.807) is 12.1 Å². The molecule has 7 nitrogen and oxygen atoms in total. The number of carbonyl (C=O) groups excluding carboxylic acids is 2. The van der Waals surface area contributed by atoms with Gasteiger partial charge in [0.1, 0.15) is 5.82 Å². The molecule has 3 rings (SSSR count). The number of nitrogens with one attached hydrogen (secondary N) is 4. The molecule has 0 radical (unpaired) electrons. The lowest BCUT2D eigenvalue weighted by molar-refractivity contribution is -0.124.